The molecule has 0 amide bonds. The van der Waals surface area contributed by atoms with Crippen LogP contribution in [0.5, 0.6) is 0 Å². The fourth-order valence-electron chi connectivity index (χ4n) is 3.51. The molecule has 1 aromatic heterocycles. The van der Waals surface area contributed by atoms with Crippen molar-refractivity contribution >= 4 is 11.8 Å². The number of hydrogen-bond donors (Lipinski definition) is 1. The lowest BCUT2D eigenvalue weighted by molar-refractivity contribution is -0.0829. The van der Waals surface area contributed by atoms with Gasteiger partial charge in [-0.1, -0.05) is 0 Å². The van der Waals surface area contributed by atoms with Gasteiger partial charge in [0.05, 0.1) is 24.6 Å². The summed E-state index contributed by atoms with van der Waals surface area (Å²) in [7, 11) is 0. The van der Waals surface area contributed by atoms with Gasteiger partial charge in [0.25, 0.3) is 6.02 Å². The lowest BCUT2D eigenvalue weighted by Gasteiger charge is -2.50. The number of anilines is 1. The van der Waals surface area contributed by atoms with Crippen molar-refractivity contribution in [1.29, 1.82) is 0 Å². The van der Waals surface area contributed by atoms with Gasteiger partial charge in [-0.3, -0.25) is 15.2 Å². The molecule has 0 saturated carbocycles. The first-order chi connectivity index (χ1) is 9.73. The highest BCUT2D eigenvalue weighted by Gasteiger charge is 2.51. The van der Waals surface area contributed by atoms with E-state index in [9.17, 15) is 0 Å². The number of hydrogen-bond acceptors (Lipinski definition) is 6. The Kier molecular flexibility index (Phi) is 2.66. The van der Waals surface area contributed by atoms with E-state index < -0.39 is 0 Å². The van der Waals surface area contributed by atoms with E-state index in [0.717, 1.165) is 18.8 Å². The molecule has 1 atom stereocenters. The number of nitrogens with zero attached hydrogens (tertiary/aromatic N) is 4. The van der Waals surface area contributed by atoms with Crippen LogP contribution in [0, 0.1) is 12.8 Å². The van der Waals surface area contributed by atoms with E-state index in [1.807, 2.05) is 6.92 Å². The second-order valence-corrected chi connectivity index (χ2v) is 6.01. The monoisotopic (exact) mass is 273 g/mol. The molecule has 20 heavy (non-hydrogen) atoms. The third kappa shape index (κ3) is 1.95. The Hall–Kier alpha value is -1.69. The summed E-state index contributed by atoms with van der Waals surface area (Å²) in [5, 5.41) is 3.13. The maximum absolute atomic E-state index is 6.19. The van der Waals surface area contributed by atoms with E-state index in [4.69, 9.17) is 4.74 Å². The van der Waals surface area contributed by atoms with Crippen LogP contribution in [0.15, 0.2) is 17.4 Å². The van der Waals surface area contributed by atoms with Crippen molar-refractivity contribution in [3.8, 4) is 0 Å². The van der Waals surface area contributed by atoms with Crippen LogP contribution in [0.2, 0.25) is 0 Å². The summed E-state index contributed by atoms with van der Waals surface area (Å²) in [4.78, 5) is 15.5. The summed E-state index contributed by atoms with van der Waals surface area (Å²) >= 11 is 0. The third-order valence-corrected chi connectivity index (χ3v) is 4.63. The second-order valence-electron chi connectivity index (χ2n) is 6.01. The van der Waals surface area contributed by atoms with Gasteiger partial charge in [0.2, 0.25) is 0 Å². The molecule has 5 rings (SSSR count). The molecule has 3 fully saturated rings. The van der Waals surface area contributed by atoms with Crippen molar-refractivity contribution in [2.75, 3.05) is 31.5 Å². The van der Waals surface area contributed by atoms with Crippen molar-refractivity contribution in [3.05, 3.63) is 18.1 Å². The highest BCUT2D eigenvalue weighted by molar-refractivity contribution is 5.89. The second kappa shape index (κ2) is 4.41. The molecular weight excluding hydrogens is 254 g/mol. The molecule has 1 N–H and O–H groups in total. The van der Waals surface area contributed by atoms with Crippen molar-refractivity contribution in [2.45, 2.75) is 25.4 Å². The van der Waals surface area contributed by atoms with E-state index >= 15 is 0 Å². The van der Waals surface area contributed by atoms with E-state index in [1.165, 1.54) is 25.9 Å². The number of ether oxygens (including phenoxy) is 1. The number of amidine groups is 1. The van der Waals surface area contributed by atoms with Crippen LogP contribution in [0.1, 0.15) is 18.5 Å². The lowest BCUT2D eigenvalue weighted by atomic mass is 9.75. The number of nitrogens with one attached hydrogen (secondary N) is 1. The average molecular weight is 273 g/mol. The zero-order chi connectivity index (χ0) is 13.6. The molecule has 2 bridgehead atoms. The minimum Gasteiger partial charge on any atom is -0.455 e. The maximum Gasteiger partial charge on any atom is 0.291 e. The SMILES string of the molecule is Cc1cnc(NC2=NC[C@@]3(CN4CCC3CC4)O2)cn1. The molecule has 6 heteroatoms. The first-order valence-electron chi connectivity index (χ1n) is 7.25. The van der Waals surface area contributed by atoms with E-state index in [-0.39, 0.29) is 5.60 Å². The molecule has 0 radical (unpaired) electrons. The largest absolute Gasteiger partial charge is 0.455 e. The quantitative estimate of drug-likeness (QED) is 0.828. The van der Waals surface area contributed by atoms with Crippen LogP contribution in [0.4, 0.5) is 5.82 Å². The fraction of sp³-hybridized carbons (Fsp3) is 0.643. The van der Waals surface area contributed by atoms with Crippen LogP contribution in [0.3, 0.4) is 0 Å². The normalized spacial score (nSPS) is 35.0. The molecule has 106 valence electrons. The number of aromatic nitrogens is 2. The summed E-state index contributed by atoms with van der Waals surface area (Å²) in [6.45, 7) is 6.11. The van der Waals surface area contributed by atoms with Gasteiger partial charge in [-0.05, 0) is 32.9 Å². The molecule has 3 saturated heterocycles. The average Bonchev–Trinajstić information content (AvgIpc) is 2.85. The van der Waals surface area contributed by atoms with Crippen molar-refractivity contribution in [3.63, 3.8) is 0 Å². The van der Waals surface area contributed by atoms with E-state index in [1.54, 1.807) is 12.4 Å². The van der Waals surface area contributed by atoms with E-state index in [0.29, 0.717) is 17.8 Å². The predicted molar refractivity (Wildman–Crippen MR) is 75.7 cm³/mol. The Morgan fingerprint density at radius 3 is 2.80 bits per heavy atom. The Morgan fingerprint density at radius 1 is 1.30 bits per heavy atom. The van der Waals surface area contributed by atoms with Crippen LogP contribution in [0.25, 0.3) is 0 Å². The number of rotatable bonds is 1. The molecule has 5 heterocycles. The maximum atomic E-state index is 6.19. The molecule has 0 unspecified atom stereocenters. The number of aryl methyl sites for hydroxylation is 1. The van der Waals surface area contributed by atoms with Gasteiger partial charge in [0, 0.05) is 12.5 Å². The summed E-state index contributed by atoms with van der Waals surface area (Å²) in [6, 6.07) is 0.594. The Bertz CT molecular complexity index is 535. The topological polar surface area (TPSA) is 62.6 Å². The summed E-state index contributed by atoms with van der Waals surface area (Å²) in [5.41, 5.74) is 0.801. The van der Waals surface area contributed by atoms with Crippen molar-refractivity contribution < 1.29 is 4.74 Å². The summed E-state index contributed by atoms with van der Waals surface area (Å²) in [5.74, 6) is 1.33. The van der Waals surface area contributed by atoms with Crippen LogP contribution < -0.4 is 5.32 Å². The highest BCUT2D eigenvalue weighted by atomic mass is 16.5. The number of fused-ring (bicyclic) bond motifs is 2. The molecule has 4 aliphatic rings. The molecule has 6 nitrogen and oxygen atoms in total. The Balaban J connectivity index is 1.46. The van der Waals surface area contributed by atoms with Gasteiger partial charge in [-0.15, -0.1) is 0 Å². The molecule has 1 aromatic rings. The van der Waals surface area contributed by atoms with Crippen LogP contribution in [-0.4, -0.2) is 52.7 Å². The number of aliphatic imine (C=N–C) groups is 1. The lowest BCUT2D eigenvalue weighted by Crippen LogP contribution is -2.61. The minimum absolute atomic E-state index is 0.100. The first kappa shape index (κ1) is 12.1. The van der Waals surface area contributed by atoms with Crippen molar-refractivity contribution in [1.82, 2.24) is 14.9 Å². The van der Waals surface area contributed by atoms with Gasteiger partial charge in [-0.2, -0.15) is 0 Å². The van der Waals surface area contributed by atoms with Gasteiger partial charge < -0.3 is 4.74 Å². The Morgan fingerprint density at radius 2 is 2.15 bits per heavy atom. The molecule has 0 aromatic carbocycles. The molecule has 0 aliphatic carbocycles. The predicted octanol–water partition coefficient (Wildman–Crippen LogP) is 1.05. The van der Waals surface area contributed by atoms with Gasteiger partial charge >= 0.3 is 0 Å². The third-order valence-electron chi connectivity index (χ3n) is 4.63. The summed E-state index contributed by atoms with van der Waals surface area (Å²) in [6.07, 6.45) is 5.91. The first-order valence-corrected chi connectivity index (χ1v) is 7.25. The molecule has 4 aliphatic heterocycles. The van der Waals surface area contributed by atoms with Crippen molar-refractivity contribution in [2.24, 2.45) is 10.9 Å². The van der Waals surface area contributed by atoms with Gasteiger partial charge in [0.1, 0.15) is 5.60 Å². The number of piperidine rings is 3. The van der Waals surface area contributed by atoms with Crippen LogP contribution in [-0.2, 0) is 4.74 Å². The Labute approximate surface area is 118 Å². The van der Waals surface area contributed by atoms with Crippen LogP contribution >= 0.6 is 0 Å². The zero-order valence-electron chi connectivity index (χ0n) is 11.7. The summed E-state index contributed by atoms with van der Waals surface area (Å²) < 4.78 is 6.19. The smallest absolute Gasteiger partial charge is 0.291 e. The zero-order valence-corrected chi connectivity index (χ0v) is 11.7. The standard InChI is InChI=1S/C14H19N5O/c1-10-6-16-12(7-15-10)18-13-17-8-14(20-13)9-19-4-2-11(14)3-5-19/h6-7,11H,2-5,8-9H2,1H3,(H,16,17,18)/t14-/m0/s1. The fourth-order valence-corrected chi connectivity index (χ4v) is 3.51. The van der Waals surface area contributed by atoms with Gasteiger partial charge in [-0.25, -0.2) is 9.98 Å². The molecule has 1 spiro atoms. The minimum atomic E-state index is -0.100. The van der Waals surface area contributed by atoms with E-state index in [2.05, 4.69) is 25.2 Å². The highest BCUT2D eigenvalue weighted by Crippen LogP contribution is 2.40. The molecular formula is C14H19N5O. The van der Waals surface area contributed by atoms with Gasteiger partial charge in [0.15, 0.2) is 5.82 Å².